The van der Waals surface area contributed by atoms with Gasteiger partial charge >= 0.3 is 30.2 Å². The van der Waals surface area contributed by atoms with Crippen LogP contribution in [0.5, 0.6) is 0 Å². The first-order valence-electron chi connectivity index (χ1n) is 7.22. The van der Waals surface area contributed by atoms with E-state index in [4.69, 9.17) is 5.11 Å². The molecule has 2 atom stereocenters. The van der Waals surface area contributed by atoms with Gasteiger partial charge in [-0.2, -0.15) is 43.9 Å². The van der Waals surface area contributed by atoms with Crippen LogP contribution in [0.4, 0.5) is 43.9 Å². The van der Waals surface area contributed by atoms with Crippen molar-refractivity contribution in [1.82, 2.24) is 0 Å². The Morgan fingerprint density at radius 1 is 0.893 bits per heavy atom. The second-order valence-electron chi connectivity index (χ2n) is 5.66. The van der Waals surface area contributed by atoms with Gasteiger partial charge in [0.05, 0.1) is 13.0 Å². The molecule has 0 saturated heterocycles. The van der Waals surface area contributed by atoms with Gasteiger partial charge in [0.25, 0.3) is 0 Å². The lowest BCUT2D eigenvalue weighted by Gasteiger charge is -2.30. The zero-order valence-electron chi connectivity index (χ0n) is 13.6. The van der Waals surface area contributed by atoms with Gasteiger partial charge in [0, 0.05) is 37.3 Å². The molecule has 0 spiro atoms. The lowest BCUT2D eigenvalue weighted by atomic mass is 9.88. The molecule has 166 valence electrons. The van der Waals surface area contributed by atoms with Crippen molar-refractivity contribution < 1.29 is 68.4 Å². The van der Waals surface area contributed by atoms with Crippen LogP contribution >= 0.6 is 0 Å². The van der Waals surface area contributed by atoms with Crippen LogP contribution in [0.3, 0.4) is 0 Å². The predicted octanol–water partition coefficient (Wildman–Crippen LogP) is 2.07. The van der Waals surface area contributed by atoms with E-state index < -0.39 is 80.4 Å². The van der Waals surface area contributed by atoms with Crippen LogP contribution in [0.25, 0.3) is 0 Å². The summed E-state index contributed by atoms with van der Waals surface area (Å²) in [6.07, 6.45) is -18.1. The lowest BCUT2D eigenvalue weighted by Crippen LogP contribution is -2.46. The van der Waals surface area contributed by atoms with Crippen molar-refractivity contribution in [3.05, 3.63) is 0 Å². The highest BCUT2D eigenvalue weighted by Crippen LogP contribution is 2.41. The van der Waals surface area contributed by atoms with Gasteiger partial charge in [-0.3, -0.25) is 4.79 Å². The number of esters is 1. The summed E-state index contributed by atoms with van der Waals surface area (Å²) >= 11 is 0. The molecule has 1 N–H and O–H groups in total. The van der Waals surface area contributed by atoms with Gasteiger partial charge in [0.2, 0.25) is 0 Å². The van der Waals surface area contributed by atoms with Crippen LogP contribution < -0.4 is 5.11 Å². The number of carbonyl (C=O) groups excluding carboxylic acids is 2. The van der Waals surface area contributed by atoms with Crippen molar-refractivity contribution in [3.8, 4) is 0 Å². The Bertz CT molecular complexity index is 543. The Morgan fingerprint density at radius 2 is 1.36 bits per heavy atom. The van der Waals surface area contributed by atoms with Gasteiger partial charge in [-0.05, 0) is 0 Å². The van der Waals surface area contributed by atoms with Crippen molar-refractivity contribution in [3.63, 3.8) is 0 Å². The largest absolute Gasteiger partial charge is 0.550 e. The van der Waals surface area contributed by atoms with Crippen molar-refractivity contribution in [2.45, 2.75) is 43.5 Å². The number of ether oxygens (including phenoxy) is 1. The zero-order valence-corrected chi connectivity index (χ0v) is 13.6. The number of aliphatic hydroxyl groups excluding tert-OH is 1. The molecule has 0 aliphatic rings. The van der Waals surface area contributed by atoms with E-state index >= 15 is 0 Å². The molecule has 5 nitrogen and oxygen atoms in total. The third-order valence-corrected chi connectivity index (χ3v) is 3.51. The van der Waals surface area contributed by atoms with Gasteiger partial charge in [0.15, 0.2) is 0 Å². The standard InChI is InChI=1S/C13H14F10O5/c14-10(15,12(18,19)20)2-1-8(25)28-5-6(4-24)7(9(26)27)3-11(16,17)13(21,22)23/h6-7,24H,1-5H2,(H,26,27)/p-1. The fourth-order valence-corrected chi connectivity index (χ4v) is 1.80. The molecule has 0 aromatic carbocycles. The van der Waals surface area contributed by atoms with E-state index in [9.17, 15) is 58.6 Å². The molecule has 0 rings (SSSR count). The smallest absolute Gasteiger partial charge is 0.453 e. The van der Waals surface area contributed by atoms with E-state index in [2.05, 4.69) is 4.74 Å². The van der Waals surface area contributed by atoms with Crippen molar-refractivity contribution in [2.75, 3.05) is 13.2 Å². The van der Waals surface area contributed by atoms with Gasteiger partial charge in [-0.25, -0.2) is 0 Å². The SMILES string of the molecule is O=C(CCC(F)(F)C(F)(F)F)OCC(CO)C(CC(F)(F)C(F)(F)F)C(=O)[O-]. The van der Waals surface area contributed by atoms with Crippen LogP contribution in [-0.2, 0) is 14.3 Å². The number of hydrogen-bond acceptors (Lipinski definition) is 5. The molecule has 0 aromatic rings. The molecular formula is C13H13F10O5-. The van der Waals surface area contributed by atoms with E-state index in [-0.39, 0.29) is 0 Å². The Kier molecular flexibility index (Phi) is 8.55. The fraction of sp³-hybridized carbons (Fsp3) is 0.846. The minimum Gasteiger partial charge on any atom is -0.550 e. The molecule has 0 aliphatic carbocycles. The third kappa shape index (κ3) is 7.31. The molecule has 0 heterocycles. The lowest BCUT2D eigenvalue weighted by molar-refractivity contribution is -0.324. The Hall–Kier alpha value is -1.80. The summed E-state index contributed by atoms with van der Waals surface area (Å²) in [5.74, 6) is -19.7. The number of hydrogen-bond donors (Lipinski definition) is 1. The van der Waals surface area contributed by atoms with E-state index in [1.54, 1.807) is 0 Å². The molecule has 0 radical (unpaired) electrons. The predicted molar refractivity (Wildman–Crippen MR) is 65.9 cm³/mol. The highest BCUT2D eigenvalue weighted by molar-refractivity contribution is 5.70. The van der Waals surface area contributed by atoms with Crippen molar-refractivity contribution in [2.24, 2.45) is 11.8 Å². The summed E-state index contributed by atoms with van der Waals surface area (Å²) in [7, 11) is 0. The van der Waals surface area contributed by atoms with Crippen LogP contribution in [0.15, 0.2) is 0 Å². The minimum atomic E-state index is -6.14. The maximum absolute atomic E-state index is 13.0. The topological polar surface area (TPSA) is 86.7 Å². The van der Waals surface area contributed by atoms with E-state index in [0.29, 0.717) is 0 Å². The van der Waals surface area contributed by atoms with Gasteiger partial charge in [-0.15, -0.1) is 0 Å². The van der Waals surface area contributed by atoms with Crippen LogP contribution in [-0.4, -0.2) is 54.5 Å². The molecule has 28 heavy (non-hydrogen) atoms. The number of alkyl halides is 10. The Labute approximate surface area is 150 Å². The number of halogens is 10. The monoisotopic (exact) mass is 439 g/mol. The summed E-state index contributed by atoms with van der Waals surface area (Å²) in [4.78, 5) is 22.0. The summed E-state index contributed by atoms with van der Waals surface area (Å²) in [5.41, 5.74) is 0. The quantitative estimate of drug-likeness (QED) is 0.416. The molecular weight excluding hydrogens is 426 g/mol. The van der Waals surface area contributed by atoms with Crippen molar-refractivity contribution in [1.29, 1.82) is 0 Å². The molecule has 0 fully saturated rings. The third-order valence-electron chi connectivity index (χ3n) is 3.51. The molecule has 2 unspecified atom stereocenters. The van der Waals surface area contributed by atoms with Gasteiger partial charge < -0.3 is 19.7 Å². The first-order valence-corrected chi connectivity index (χ1v) is 7.22. The normalized spacial score (nSPS) is 15.8. The Balaban J connectivity index is 4.97. The van der Waals surface area contributed by atoms with Gasteiger partial charge in [-0.1, -0.05) is 0 Å². The maximum Gasteiger partial charge on any atom is 0.453 e. The average molecular weight is 439 g/mol. The Morgan fingerprint density at radius 3 is 1.71 bits per heavy atom. The minimum absolute atomic E-state index is 1.33. The maximum atomic E-state index is 13.0. The highest BCUT2D eigenvalue weighted by Gasteiger charge is 2.59. The number of aliphatic carboxylic acids is 1. The summed E-state index contributed by atoms with van der Waals surface area (Å²) < 4.78 is 128. The van der Waals surface area contributed by atoms with Crippen molar-refractivity contribution >= 4 is 11.9 Å². The highest BCUT2D eigenvalue weighted by atomic mass is 19.4. The molecule has 0 aliphatic heterocycles. The summed E-state index contributed by atoms with van der Waals surface area (Å²) in [6.45, 7) is -2.72. The first kappa shape index (κ1) is 26.2. The van der Waals surface area contributed by atoms with Crippen LogP contribution in [0.2, 0.25) is 0 Å². The summed E-state index contributed by atoms with van der Waals surface area (Å²) in [6, 6.07) is 0. The van der Waals surface area contributed by atoms with Crippen LogP contribution in [0, 0.1) is 11.8 Å². The van der Waals surface area contributed by atoms with E-state index in [1.807, 2.05) is 0 Å². The van der Waals surface area contributed by atoms with Crippen LogP contribution in [0.1, 0.15) is 19.3 Å². The van der Waals surface area contributed by atoms with E-state index in [0.717, 1.165) is 0 Å². The molecule has 0 bridgehead atoms. The average Bonchev–Trinajstić information content (AvgIpc) is 2.49. The van der Waals surface area contributed by atoms with E-state index in [1.165, 1.54) is 0 Å². The number of carboxylic acid groups (broad SMARTS) is 1. The number of aliphatic hydroxyl groups is 1. The molecule has 0 amide bonds. The molecule has 15 heteroatoms. The number of carboxylic acids is 1. The second kappa shape index (κ2) is 9.13. The molecule has 0 aromatic heterocycles. The number of carbonyl (C=O) groups is 2. The fourth-order valence-electron chi connectivity index (χ4n) is 1.80. The summed E-state index contributed by atoms with van der Waals surface area (Å²) in [5, 5.41) is 19.8. The number of rotatable bonds is 10. The van der Waals surface area contributed by atoms with Gasteiger partial charge in [0.1, 0.15) is 0 Å². The first-order chi connectivity index (χ1) is 12.4. The zero-order chi connectivity index (χ0) is 22.6. The molecule has 0 saturated carbocycles. The second-order valence-corrected chi connectivity index (χ2v) is 5.66.